The highest BCUT2D eigenvalue weighted by Gasteiger charge is 2.30. The molecule has 6 heteroatoms. The Hall–Kier alpha value is -0.590. The molecule has 1 aromatic rings. The highest BCUT2D eigenvalue weighted by molar-refractivity contribution is 7.99. The molecule has 2 heterocycles. The second kappa shape index (κ2) is 5.16. The van der Waals surface area contributed by atoms with E-state index >= 15 is 0 Å². The van der Waals surface area contributed by atoms with Crippen LogP contribution in [0.2, 0.25) is 0 Å². The predicted molar refractivity (Wildman–Crippen MR) is 64.6 cm³/mol. The van der Waals surface area contributed by atoms with E-state index in [4.69, 9.17) is 10.3 Å². The van der Waals surface area contributed by atoms with Crippen LogP contribution in [0.3, 0.4) is 0 Å². The molecule has 5 nitrogen and oxygen atoms in total. The van der Waals surface area contributed by atoms with Crippen molar-refractivity contribution >= 4 is 11.8 Å². The Labute approximate surface area is 99.8 Å². The van der Waals surface area contributed by atoms with Crippen molar-refractivity contribution in [3.63, 3.8) is 0 Å². The van der Waals surface area contributed by atoms with Gasteiger partial charge in [0.05, 0.1) is 5.92 Å². The minimum atomic E-state index is 0.159. The molecule has 0 spiro atoms. The lowest BCUT2D eigenvalue weighted by molar-refractivity contribution is 0.345. The van der Waals surface area contributed by atoms with Gasteiger partial charge in [0.25, 0.3) is 0 Å². The molecule has 90 valence electrons. The first-order chi connectivity index (χ1) is 7.66. The largest absolute Gasteiger partial charge is 0.339 e. The average molecular weight is 242 g/mol. The zero-order chi connectivity index (χ0) is 11.5. The first-order valence-corrected chi connectivity index (χ1v) is 6.63. The average Bonchev–Trinajstić information content (AvgIpc) is 2.83. The van der Waals surface area contributed by atoms with E-state index in [1.165, 1.54) is 0 Å². The van der Waals surface area contributed by atoms with Gasteiger partial charge in [0.2, 0.25) is 5.89 Å². The summed E-state index contributed by atoms with van der Waals surface area (Å²) in [5.41, 5.74) is 5.99. The number of likely N-dealkylation sites (N-methyl/N-ethyl adjacent to an activating group) is 1. The summed E-state index contributed by atoms with van der Waals surface area (Å²) in [5.74, 6) is 3.72. The second-order valence-electron chi connectivity index (χ2n) is 4.41. The molecule has 16 heavy (non-hydrogen) atoms. The monoisotopic (exact) mass is 242 g/mol. The van der Waals surface area contributed by atoms with Crippen LogP contribution in [0.5, 0.6) is 0 Å². The van der Waals surface area contributed by atoms with Crippen molar-refractivity contribution in [2.24, 2.45) is 5.73 Å². The Morgan fingerprint density at radius 2 is 2.31 bits per heavy atom. The summed E-state index contributed by atoms with van der Waals surface area (Å²) in [6.45, 7) is 0.935. The third-order valence-corrected chi connectivity index (χ3v) is 3.92. The van der Waals surface area contributed by atoms with Crippen LogP contribution in [0.25, 0.3) is 0 Å². The van der Waals surface area contributed by atoms with Crippen molar-refractivity contribution in [3.05, 3.63) is 11.7 Å². The number of aromatic nitrogens is 2. The van der Waals surface area contributed by atoms with Crippen molar-refractivity contribution in [1.29, 1.82) is 0 Å². The standard InChI is InChI=1S/C10H18N4OS/c1-14(2)4-3-9-12-10(15-13-9)7-5-16-6-8(7)11/h7-8H,3-6,11H2,1-2H3. The molecule has 2 atom stereocenters. The molecule has 2 unspecified atom stereocenters. The van der Waals surface area contributed by atoms with Crippen molar-refractivity contribution in [1.82, 2.24) is 15.0 Å². The van der Waals surface area contributed by atoms with Gasteiger partial charge in [0.1, 0.15) is 0 Å². The Kier molecular flexibility index (Phi) is 3.83. The van der Waals surface area contributed by atoms with Gasteiger partial charge in [0, 0.05) is 30.5 Å². The quantitative estimate of drug-likeness (QED) is 0.820. The van der Waals surface area contributed by atoms with Crippen LogP contribution in [0, 0.1) is 0 Å². The molecule has 1 aliphatic heterocycles. The van der Waals surface area contributed by atoms with Crippen molar-refractivity contribution < 1.29 is 4.52 Å². The molecule has 2 rings (SSSR count). The van der Waals surface area contributed by atoms with Gasteiger partial charge >= 0.3 is 0 Å². The predicted octanol–water partition coefficient (Wildman–Crippen LogP) is 0.331. The van der Waals surface area contributed by atoms with Crippen LogP contribution in [0.15, 0.2) is 4.52 Å². The van der Waals surface area contributed by atoms with Gasteiger partial charge in [-0.15, -0.1) is 0 Å². The number of hydrogen-bond donors (Lipinski definition) is 1. The van der Waals surface area contributed by atoms with Crippen molar-refractivity contribution in [3.8, 4) is 0 Å². The third-order valence-electron chi connectivity index (χ3n) is 2.71. The number of nitrogens with zero attached hydrogens (tertiary/aromatic N) is 3. The van der Waals surface area contributed by atoms with E-state index in [9.17, 15) is 0 Å². The number of nitrogens with two attached hydrogens (primary N) is 1. The Morgan fingerprint density at radius 1 is 1.50 bits per heavy atom. The molecule has 1 fully saturated rings. The van der Waals surface area contributed by atoms with Crippen LogP contribution >= 0.6 is 11.8 Å². The molecule has 0 aromatic carbocycles. The first-order valence-electron chi connectivity index (χ1n) is 5.47. The molecule has 0 bridgehead atoms. The highest BCUT2D eigenvalue weighted by Crippen LogP contribution is 2.30. The van der Waals surface area contributed by atoms with E-state index in [-0.39, 0.29) is 12.0 Å². The maximum atomic E-state index is 5.99. The number of hydrogen-bond acceptors (Lipinski definition) is 6. The molecule has 1 saturated heterocycles. The molecule has 0 radical (unpaired) electrons. The van der Waals surface area contributed by atoms with Gasteiger partial charge in [0.15, 0.2) is 5.82 Å². The second-order valence-corrected chi connectivity index (χ2v) is 5.48. The minimum Gasteiger partial charge on any atom is -0.339 e. The van der Waals surface area contributed by atoms with Crippen LogP contribution in [-0.4, -0.2) is 53.2 Å². The molecule has 2 N–H and O–H groups in total. The Balaban J connectivity index is 1.96. The summed E-state index contributed by atoms with van der Waals surface area (Å²) in [5, 5.41) is 3.99. The normalized spacial score (nSPS) is 25.5. The summed E-state index contributed by atoms with van der Waals surface area (Å²) in [4.78, 5) is 6.52. The van der Waals surface area contributed by atoms with E-state index in [1.54, 1.807) is 0 Å². The van der Waals surface area contributed by atoms with Crippen LogP contribution in [-0.2, 0) is 6.42 Å². The van der Waals surface area contributed by atoms with Gasteiger partial charge in [-0.3, -0.25) is 0 Å². The maximum Gasteiger partial charge on any atom is 0.232 e. The Bertz CT molecular complexity index is 341. The van der Waals surface area contributed by atoms with Gasteiger partial charge in [-0.2, -0.15) is 16.7 Å². The zero-order valence-corrected chi connectivity index (χ0v) is 10.5. The Morgan fingerprint density at radius 3 is 2.94 bits per heavy atom. The lowest BCUT2D eigenvalue weighted by Gasteiger charge is -2.08. The van der Waals surface area contributed by atoms with Gasteiger partial charge in [-0.05, 0) is 14.1 Å². The van der Waals surface area contributed by atoms with Crippen LogP contribution in [0.4, 0.5) is 0 Å². The fraction of sp³-hybridized carbons (Fsp3) is 0.800. The lowest BCUT2D eigenvalue weighted by Crippen LogP contribution is -2.26. The maximum absolute atomic E-state index is 5.99. The summed E-state index contributed by atoms with van der Waals surface area (Å²) in [6, 6.07) is 0.159. The van der Waals surface area contributed by atoms with Gasteiger partial charge in [-0.1, -0.05) is 5.16 Å². The lowest BCUT2D eigenvalue weighted by atomic mass is 10.1. The third kappa shape index (κ3) is 2.75. The summed E-state index contributed by atoms with van der Waals surface area (Å²) in [7, 11) is 4.06. The van der Waals surface area contributed by atoms with Crippen molar-refractivity contribution in [2.45, 2.75) is 18.4 Å². The first kappa shape index (κ1) is 11.9. The number of thioether (sulfide) groups is 1. The van der Waals surface area contributed by atoms with E-state index in [0.29, 0.717) is 5.89 Å². The van der Waals surface area contributed by atoms with E-state index in [2.05, 4.69) is 15.0 Å². The van der Waals surface area contributed by atoms with Gasteiger partial charge in [-0.25, -0.2) is 0 Å². The fourth-order valence-corrected chi connectivity index (χ4v) is 2.95. The van der Waals surface area contributed by atoms with Gasteiger partial charge < -0.3 is 15.2 Å². The molecular formula is C10H18N4OS. The summed E-state index contributed by atoms with van der Waals surface area (Å²) < 4.78 is 5.28. The smallest absolute Gasteiger partial charge is 0.232 e. The topological polar surface area (TPSA) is 68.2 Å². The minimum absolute atomic E-state index is 0.159. The molecule has 0 aliphatic carbocycles. The summed E-state index contributed by atoms with van der Waals surface area (Å²) >= 11 is 1.85. The fourth-order valence-electron chi connectivity index (χ4n) is 1.67. The van der Waals surface area contributed by atoms with Crippen LogP contribution in [0.1, 0.15) is 17.6 Å². The van der Waals surface area contributed by atoms with Crippen molar-refractivity contribution in [2.75, 3.05) is 32.1 Å². The highest BCUT2D eigenvalue weighted by atomic mass is 32.2. The zero-order valence-electron chi connectivity index (χ0n) is 9.72. The molecule has 1 aliphatic rings. The molecular weight excluding hydrogens is 224 g/mol. The SMILES string of the molecule is CN(C)CCc1noc(C2CSCC2N)n1. The summed E-state index contributed by atoms with van der Waals surface area (Å²) in [6.07, 6.45) is 0.825. The van der Waals surface area contributed by atoms with E-state index in [1.807, 2.05) is 25.9 Å². The van der Waals surface area contributed by atoms with Crippen LogP contribution < -0.4 is 5.73 Å². The molecule has 1 aromatic heterocycles. The molecule has 0 saturated carbocycles. The van der Waals surface area contributed by atoms with E-state index in [0.717, 1.165) is 30.3 Å². The molecule has 0 amide bonds. The van der Waals surface area contributed by atoms with E-state index < -0.39 is 0 Å². The number of rotatable bonds is 4.